The van der Waals surface area contributed by atoms with Crippen molar-refractivity contribution in [1.29, 1.82) is 0 Å². The number of nitrogens with one attached hydrogen (secondary N) is 3. The molecule has 0 fully saturated rings. The van der Waals surface area contributed by atoms with Crippen LogP contribution in [-0.4, -0.2) is 27.9 Å². The van der Waals surface area contributed by atoms with Gasteiger partial charge in [-0.15, -0.1) is 0 Å². The van der Waals surface area contributed by atoms with Gasteiger partial charge in [-0.1, -0.05) is 29.3 Å². The maximum atomic E-state index is 11.6. The molecule has 1 atom stereocenters. The molecule has 8 heteroatoms. The Morgan fingerprint density at radius 1 is 1.29 bits per heavy atom. The van der Waals surface area contributed by atoms with Crippen LogP contribution in [0.3, 0.4) is 0 Å². The number of rotatable bonds is 5. The Morgan fingerprint density at radius 3 is 2.62 bits per heavy atom. The number of aromatic amines is 1. The van der Waals surface area contributed by atoms with Crippen molar-refractivity contribution < 1.29 is 9.90 Å². The zero-order valence-electron chi connectivity index (χ0n) is 10.9. The van der Waals surface area contributed by atoms with Gasteiger partial charge in [0.2, 0.25) is 0 Å². The molecule has 1 aromatic carbocycles. The molecule has 0 aliphatic rings. The average Bonchev–Trinajstić information content (AvgIpc) is 2.96. The van der Waals surface area contributed by atoms with Crippen LogP contribution in [0.25, 0.3) is 0 Å². The number of hydrogen-bond donors (Lipinski definition) is 4. The quantitative estimate of drug-likeness (QED) is 0.678. The number of aliphatic hydroxyl groups excluding tert-OH is 1. The molecule has 2 aromatic rings. The van der Waals surface area contributed by atoms with Crippen LogP contribution in [0.5, 0.6) is 0 Å². The number of nitrogens with zero attached hydrogens (tertiary/aromatic N) is 1. The number of urea groups is 1. The molecule has 0 saturated carbocycles. The Morgan fingerprint density at radius 2 is 2.00 bits per heavy atom. The highest BCUT2D eigenvalue weighted by atomic mass is 35.5. The predicted octanol–water partition coefficient (Wildman–Crippen LogP) is 2.25. The van der Waals surface area contributed by atoms with Gasteiger partial charge in [-0.05, 0) is 18.2 Å². The van der Waals surface area contributed by atoms with Gasteiger partial charge in [-0.3, -0.25) is 5.10 Å². The van der Waals surface area contributed by atoms with E-state index in [-0.39, 0.29) is 6.54 Å². The van der Waals surface area contributed by atoms with E-state index in [2.05, 4.69) is 20.8 Å². The van der Waals surface area contributed by atoms with Crippen molar-refractivity contribution in [1.82, 2.24) is 20.8 Å². The first-order chi connectivity index (χ1) is 10.1. The second-order valence-electron chi connectivity index (χ2n) is 4.30. The van der Waals surface area contributed by atoms with Gasteiger partial charge in [0.05, 0.1) is 18.3 Å². The first-order valence-corrected chi connectivity index (χ1v) is 6.95. The number of aliphatic hydroxyl groups is 1. The fourth-order valence-electron chi connectivity index (χ4n) is 1.74. The average molecular weight is 329 g/mol. The fraction of sp³-hybridized carbons (Fsp3) is 0.231. The largest absolute Gasteiger partial charge is 0.386 e. The van der Waals surface area contributed by atoms with Gasteiger partial charge in [0.1, 0.15) is 0 Å². The molecule has 0 aliphatic carbocycles. The maximum absolute atomic E-state index is 11.6. The van der Waals surface area contributed by atoms with Crippen molar-refractivity contribution in [3.63, 3.8) is 0 Å². The summed E-state index contributed by atoms with van der Waals surface area (Å²) >= 11 is 12.0. The molecule has 4 N–H and O–H groups in total. The van der Waals surface area contributed by atoms with Crippen molar-refractivity contribution in [2.24, 2.45) is 0 Å². The predicted molar refractivity (Wildman–Crippen MR) is 80.2 cm³/mol. The Kier molecular flexibility index (Phi) is 5.44. The molecule has 0 radical (unpaired) electrons. The molecule has 2 rings (SSSR count). The monoisotopic (exact) mass is 328 g/mol. The highest BCUT2D eigenvalue weighted by molar-refractivity contribution is 6.36. The summed E-state index contributed by atoms with van der Waals surface area (Å²) in [7, 11) is 0. The van der Waals surface area contributed by atoms with E-state index in [1.807, 2.05) is 0 Å². The number of hydrogen-bond acceptors (Lipinski definition) is 3. The number of carbonyl (C=O) groups is 1. The van der Waals surface area contributed by atoms with E-state index in [1.54, 1.807) is 30.5 Å². The number of aromatic nitrogens is 2. The minimum absolute atomic E-state index is 0.00172. The molecule has 0 aliphatic heterocycles. The standard InChI is InChI=1S/C13H14Cl2N4O2/c14-9-2-1-3-10(15)12(9)11(20)7-17-13(21)16-6-8-4-5-18-19-8/h1-5,11,20H,6-7H2,(H,18,19)(H2,16,17,21). The van der Waals surface area contributed by atoms with E-state index >= 15 is 0 Å². The third kappa shape index (κ3) is 4.35. The van der Waals surface area contributed by atoms with Gasteiger partial charge in [0.15, 0.2) is 0 Å². The van der Waals surface area contributed by atoms with E-state index in [9.17, 15) is 9.90 Å². The Hall–Kier alpha value is -1.76. The first-order valence-electron chi connectivity index (χ1n) is 6.20. The van der Waals surface area contributed by atoms with E-state index < -0.39 is 12.1 Å². The minimum Gasteiger partial charge on any atom is -0.386 e. The summed E-state index contributed by atoms with van der Waals surface area (Å²) in [5.74, 6) is 0. The van der Waals surface area contributed by atoms with Crippen LogP contribution in [-0.2, 0) is 6.54 Å². The maximum Gasteiger partial charge on any atom is 0.315 e. The lowest BCUT2D eigenvalue weighted by molar-refractivity contribution is 0.173. The summed E-state index contributed by atoms with van der Waals surface area (Å²) in [5, 5.41) is 22.4. The Balaban J connectivity index is 1.83. The van der Waals surface area contributed by atoms with Gasteiger partial charge in [-0.2, -0.15) is 5.10 Å². The van der Waals surface area contributed by atoms with Gasteiger partial charge < -0.3 is 15.7 Å². The second kappa shape index (κ2) is 7.31. The van der Waals surface area contributed by atoms with Gasteiger partial charge in [0, 0.05) is 28.4 Å². The third-order valence-corrected chi connectivity index (χ3v) is 3.45. The topological polar surface area (TPSA) is 90.0 Å². The molecule has 2 amide bonds. The first kappa shape index (κ1) is 15.6. The van der Waals surface area contributed by atoms with Gasteiger partial charge in [0.25, 0.3) is 0 Å². The van der Waals surface area contributed by atoms with E-state index in [0.717, 1.165) is 5.69 Å². The second-order valence-corrected chi connectivity index (χ2v) is 5.11. The molecule has 1 heterocycles. The van der Waals surface area contributed by atoms with Crippen molar-refractivity contribution in [2.75, 3.05) is 6.54 Å². The number of halogens is 2. The summed E-state index contributed by atoms with van der Waals surface area (Å²) in [6.45, 7) is 0.313. The van der Waals surface area contributed by atoms with E-state index in [1.165, 1.54) is 0 Å². The minimum atomic E-state index is -0.982. The molecule has 21 heavy (non-hydrogen) atoms. The van der Waals surface area contributed by atoms with Crippen LogP contribution in [0.4, 0.5) is 4.79 Å². The lowest BCUT2D eigenvalue weighted by Crippen LogP contribution is -2.37. The molecule has 112 valence electrons. The molecule has 1 unspecified atom stereocenters. The Bertz CT molecular complexity index is 584. The summed E-state index contributed by atoms with van der Waals surface area (Å²) in [4.78, 5) is 11.6. The van der Waals surface area contributed by atoms with Crippen LogP contribution in [0.2, 0.25) is 10.0 Å². The summed E-state index contributed by atoms with van der Waals surface area (Å²) in [6.07, 6.45) is 0.613. The molecule has 0 saturated heterocycles. The zero-order chi connectivity index (χ0) is 15.2. The van der Waals surface area contributed by atoms with Crippen molar-refractivity contribution >= 4 is 29.2 Å². The summed E-state index contributed by atoms with van der Waals surface area (Å²) in [5.41, 5.74) is 1.18. The number of H-pyrrole nitrogens is 1. The third-order valence-electron chi connectivity index (χ3n) is 2.79. The number of amides is 2. The smallest absolute Gasteiger partial charge is 0.315 e. The number of carbonyl (C=O) groups excluding carboxylic acids is 1. The molecular weight excluding hydrogens is 315 g/mol. The van der Waals surface area contributed by atoms with Crippen LogP contribution in [0.1, 0.15) is 17.4 Å². The molecule has 0 spiro atoms. The van der Waals surface area contributed by atoms with Gasteiger partial charge in [-0.25, -0.2) is 4.79 Å². The number of benzene rings is 1. The van der Waals surface area contributed by atoms with Crippen molar-refractivity contribution in [3.05, 3.63) is 51.8 Å². The SMILES string of the molecule is O=C(NCc1ccn[nH]1)NCC(O)c1c(Cl)cccc1Cl. The zero-order valence-corrected chi connectivity index (χ0v) is 12.4. The molecular formula is C13H14Cl2N4O2. The highest BCUT2D eigenvalue weighted by Crippen LogP contribution is 2.29. The molecule has 0 bridgehead atoms. The van der Waals surface area contributed by atoms with Crippen LogP contribution in [0, 0.1) is 0 Å². The van der Waals surface area contributed by atoms with E-state index in [4.69, 9.17) is 23.2 Å². The van der Waals surface area contributed by atoms with Crippen molar-refractivity contribution in [2.45, 2.75) is 12.6 Å². The highest BCUT2D eigenvalue weighted by Gasteiger charge is 2.16. The Labute approximate surface area is 131 Å². The molecule has 6 nitrogen and oxygen atoms in total. The molecule has 1 aromatic heterocycles. The summed E-state index contributed by atoms with van der Waals surface area (Å²) < 4.78 is 0. The summed E-state index contributed by atoms with van der Waals surface area (Å²) in [6, 6.07) is 6.28. The van der Waals surface area contributed by atoms with Gasteiger partial charge >= 0.3 is 6.03 Å². The van der Waals surface area contributed by atoms with Crippen LogP contribution >= 0.6 is 23.2 Å². The normalized spacial score (nSPS) is 12.0. The van der Waals surface area contributed by atoms with Crippen molar-refractivity contribution in [3.8, 4) is 0 Å². The fourth-order valence-corrected chi connectivity index (χ4v) is 2.39. The lowest BCUT2D eigenvalue weighted by atomic mass is 10.1. The lowest BCUT2D eigenvalue weighted by Gasteiger charge is -2.15. The van der Waals surface area contributed by atoms with E-state index in [0.29, 0.717) is 22.2 Å². The van der Waals surface area contributed by atoms with Crippen LogP contribution < -0.4 is 10.6 Å². The van der Waals surface area contributed by atoms with Crippen LogP contribution in [0.15, 0.2) is 30.5 Å².